The van der Waals surface area contributed by atoms with Gasteiger partial charge in [-0.2, -0.15) is 0 Å². The van der Waals surface area contributed by atoms with Crippen molar-refractivity contribution in [3.05, 3.63) is 162 Å². The lowest BCUT2D eigenvalue weighted by Gasteiger charge is -2.33. The Hall–Kier alpha value is -4.88. The highest BCUT2D eigenvalue weighted by molar-refractivity contribution is 5.97. The molecule has 1 heteroatoms. The van der Waals surface area contributed by atoms with Crippen LogP contribution in [-0.2, 0) is 10.8 Å². The summed E-state index contributed by atoms with van der Waals surface area (Å²) in [5.74, 6) is 1.62. The zero-order valence-electron chi connectivity index (χ0n) is 31.5. The zero-order chi connectivity index (χ0) is 35.6. The Morgan fingerprint density at radius 2 is 1.15 bits per heavy atom. The molecule has 3 fully saturated rings. The first-order valence-corrected chi connectivity index (χ1v) is 20.4. The minimum Gasteiger partial charge on any atom is -0.310 e. The standard InChI is InChI=1S/C52H51N/c1-51(2)47-16-10-9-15-45(47)46-29-30-48(49(50(46)51)41-19-17-39(18-20-41)37-11-5-3-6-12-37)53(43-25-21-40(22-26-43)38-13-7-4-8-14-38)44-27-23-42(24-28-44)52-33-31-36(35-52)32-34-52/h3,5-6,9-12,15-30,36,38H,4,7-8,13-14,31-35H2,1-2H3. The molecule has 2 bridgehead atoms. The second-order valence-electron chi connectivity index (χ2n) is 17.2. The summed E-state index contributed by atoms with van der Waals surface area (Å²) in [5.41, 5.74) is 17.6. The van der Waals surface area contributed by atoms with Crippen LogP contribution in [0, 0.1) is 5.92 Å². The highest BCUT2D eigenvalue weighted by Gasteiger charge is 2.46. The third-order valence-electron chi connectivity index (χ3n) is 13.9. The molecule has 0 N–H and O–H groups in total. The fourth-order valence-corrected chi connectivity index (χ4v) is 11.1. The van der Waals surface area contributed by atoms with Crippen LogP contribution in [0.4, 0.5) is 17.1 Å². The Morgan fingerprint density at radius 3 is 1.83 bits per heavy atom. The lowest BCUT2D eigenvalue weighted by Crippen LogP contribution is -2.20. The van der Waals surface area contributed by atoms with Crippen LogP contribution in [0.25, 0.3) is 33.4 Å². The summed E-state index contributed by atoms with van der Waals surface area (Å²) in [5, 5.41) is 0. The minimum atomic E-state index is -0.156. The van der Waals surface area contributed by atoms with Crippen molar-refractivity contribution in [3.63, 3.8) is 0 Å². The van der Waals surface area contributed by atoms with Crippen molar-refractivity contribution in [2.24, 2.45) is 5.92 Å². The van der Waals surface area contributed by atoms with E-state index in [1.54, 1.807) is 5.56 Å². The summed E-state index contributed by atoms with van der Waals surface area (Å²) in [4.78, 5) is 2.57. The predicted octanol–water partition coefficient (Wildman–Crippen LogP) is 14.7. The second-order valence-corrected chi connectivity index (χ2v) is 17.2. The van der Waals surface area contributed by atoms with Gasteiger partial charge in [-0.3, -0.25) is 0 Å². The van der Waals surface area contributed by atoms with Crippen LogP contribution in [-0.4, -0.2) is 0 Å². The quantitative estimate of drug-likeness (QED) is 0.161. The lowest BCUT2D eigenvalue weighted by atomic mass is 9.77. The first-order chi connectivity index (χ1) is 26.0. The van der Waals surface area contributed by atoms with E-state index in [1.807, 2.05) is 0 Å². The summed E-state index contributed by atoms with van der Waals surface area (Å²) in [6.45, 7) is 4.86. The van der Waals surface area contributed by atoms with Gasteiger partial charge in [0, 0.05) is 22.4 Å². The van der Waals surface area contributed by atoms with E-state index >= 15 is 0 Å². The van der Waals surface area contributed by atoms with Crippen molar-refractivity contribution in [2.45, 2.75) is 94.8 Å². The van der Waals surface area contributed by atoms with Gasteiger partial charge in [-0.05, 0) is 143 Å². The van der Waals surface area contributed by atoms with E-state index < -0.39 is 0 Å². The number of hydrogen-bond donors (Lipinski definition) is 0. The van der Waals surface area contributed by atoms with Crippen molar-refractivity contribution in [1.82, 2.24) is 0 Å². The van der Waals surface area contributed by atoms with Gasteiger partial charge in [0.25, 0.3) is 0 Å². The molecule has 3 saturated carbocycles. The first-order valence-electron chi connectivity index (χ1n) is 20.4. The van der Waals surface area contributed by atoms with Crippen molar-refractivity contribution in [2.75, 3.05) is 4.90 Å². The van der Waals surface area contributed by atoms with E-state index in [-0.39, 0.29) is 5.41 Å². The molecule has 0 aliphatic heterocycles. The highest BCUT2D eigenvalue weighted by Crippen LogP contribution is 2.58. The molecule has 1 nitrogen and oxygen atoms in total. The van der Waals surface area contributed by atoms with Crippen molar-refractivity contribution < 1.29 is 0 Å². The van der Waals surface area contributed by atoms with Crippen LogP contribution in [0.1, 0.15) is 106 Å². The maximum Gasteiger partial charge on any atom is 0.0543 e. The molecule has 0 radical (unpaired) electrons. The molecule has 6 aromatic carbocycles. The first kappa shape index (κ1) is 32.7. The van der Waals surface area contributed by atoms with Crippen LogP contribution in [0.3, 0.4) is 0 Å². The Bertz CT molecular complexity index is 2240. The van der Waals surface area contributed by atoms with E-state index in [9.17, 15) is 0 Å². The van der Waals surface area contributed by atoms with E-state index in [2.05, 4.69) is 158 Å². The number of anilines is 3. The molecule has 0 saturated heterocycles. The summed E-state index contributed by atoms with van der Waals surface area (Å²) in [6, 6.07) is 53.5. The van der Waals surface area contributed by atoms with Gasteiger partial charge in [0.05, 0.1) is 5.69 Å². The molecule has 0 amide bonds. The fourth-order valence-electron chi connectivity index (χ4n) is 11.1. The van der Waals surface area contributed by atoms with Gasteiger partial charge in [-0.15, -0.1) is 0 Å². The third kappa shape index (κ3) is 5.50. The average Bonchev–Trinajstić information content (AvgIpc) is 3.91. The number of hydrogen-bond acceptors (Lipinski definition) is 1. The molecule has 0 unspecified atom stereocenters. The molecule has 0 atom stereocenters. The molecule has 53 heavy (non-hydrogen) atoms. The van der Waals surface area contributed by atoms with Crippen LogP contribution in [0.5, 0.6) is 0 Å². The fraction of sp³-hybridized carbons (Fsp3) is 0.308. The summed E-state index contributed by atoms with van der Waals surface area (Å²) in [7, 11) is 0. The smallest absolute Gasteiger partial charge is 0.0543 e. The van der Waals surface area contributed by atoms with E-state index in [0.717, 1.165) is 5.92 Å². The summed E-state index contributed by atoms with van der Waals surface area (Å²) < 4.78 is 0. The number of benzene rings is 6. The molecule has 0 aromatic heterocycles. The van der Waals surface area contributed by atoms with Crippen LogP contribution in [0.15, 0.2) is 140 Å². The Morgan fingerprint density at radius 1 is 0.528 bits per heavy atom. The number of fused-ring (bicyclic) bond motifs is 5. The molecule has 4 aliphatic carbocycles. The molecule has 6 aromatic rings. The van der Waals surface area contributed by atoms with Crippen LogP contribution < -0.4 is 4.90 Å². The number of nitrogens with zero attached hydrogens (tertiary/aromatic N) is 1. The van der Waals surface area contributed by atoms with E-state index in [1.165, 1.54) is 131 Å². The molecule has 0 spiro atoms. The van der Waals surface area contributed by atoms with Gasteiger partial charge in [0.2, 0.25) is 0 Å². The Kier molecular flexibility index (Phi) is 7.97. The SMILES string of the molecule is CC1(C)c2ccccc2-c2ccc(N(c3ccc(C4CCCCC4)cc3)c3ccc(C45CCC(CC4)C5)cc3)c(-c3ccc(-c4ccccc4)cc3)c21. The Balaban J connectivity index is 1.16. The van der Waals surface area contributed by atoms with Gasteiger partial charge in [-0.25, -0.2) is 0 Å². The predicted molar refractivity (Wildman–Crippen MR) is 224 cm³/mol. The third-order valence-corrected chi connectivity index (χ3v) is 13.9. The monoisotopic (exact) mass is 689 g/mol. The summed E-state index contributed by atoms with van der Waals surface area (Å²) >= 11 is 0. The molecular formula is C52H51N. The van der Waals surface area contributed by atoms with Crippen molar-refractivity contribution in [3.8, 4) is 33.4 Å². The van der Waals surface area contributed by atoms with Crippen molar-refractivity contribution >= 4 is 17.1 Å². The maximum atomic E-state index is 2.57. The molecule has 0 heterocycles. The zero-order valence-corrected chi connectivity index (χ0v) is 31.5. The Labute approximate surface area is 316 Å². The van der Waals surface area contributed by atoms with Crippen LogP contribution in [0.2, 0.25) is 0 Å². The molecule has 10 rings (SSSR count). The van der Waals surface area contributed by atoms with E-state index in [0.29, 0.717) is 11.3 Å². The largest absolute Gasteiger partial charge is 0.310 e. The summed E-state index contributed by atoms with van der Waals surface area (Å²) in [6.07, 6.45) is 13.6. The highest BCUT2D eigenvalue weighted by atomic mass is 15.1. The van der Waals surface area contributed by atoms with E-state index in [4.69, 9.17) is 0 Å². The molecular weight excluding hydrogens is 639 g/mol. The minimum absolute atomic E-state index is 0.156. The van der Waals surface area contributed by atoms with Crippen molar-refractivity contribution in [1.29, 1.82) is 0 Å². The van der Waals surface area contributed by atoms with Gasteiger partial charge in [0.15, 0.2) is 0 Å². The van der Waals surface area contributed by atoms with Crippen LogP contribution >= 0.6 is 0 Å². The lowest BCUT2D eigenvalue weighted by molar-refractivity contribution is 0.419. The number of rotatable bonds is 7. The molecule has 4 aliphatic rings. The van der Waals surface area contributed by atoms with Gasteiger partial charge in [-0.1, -0.05) is 142 Å². The maximum absolute atomic E-state index is 2.57. The molecule has 264 valence electrons. The normalized spacial score (nSPS) is 21.4. The second kappa shape index (κ2) is 12.9. The topological polar surface area (TPSA) is 3.24 Å². The van der Waals surface area contributed by atoms with Gasteiger partial charge in [0.1, 0.15) is 0 Å². The van der Waals surface area contributed by atoms with Gasteiger partial charge < -0.3 is 4.90 Å². The van der Waals surface area contributed by atoms with Gasteiger partial charge >= 0.3 is 0 Å². The average molecular weight is 690 g/mol.